The van der Waals surface area contributed by atoms with Crippen LogP contribution in [0.15, 0.2) is 63.4 Å². The molecule has 0 amide bonds. The van der Waals surface area contributed by atoms with Gasteiger partial charge in [-0.3, -0.25) is 9.69 Å². The largest absolute Gasteiger partial charge is 0.384 e. The Morgan fingerprint density at radius 2 is 2.06 bits per heavy atom. The van der Waals surface area contributed by atoms with Crippen LogP contribution in [0, 0.1) is 28.6 Å². The zero-order valence-electron chi connectivity index (χ0n) is 16.5. The summed E-state index contributed by atoms with van der Waals surface area (Å²) >= 11 is 2.58. The van der Waals surface area contributed by atoms with Crippen LogP contribution in [-0.2, 0) is 4.79 Å². The molecular formula is C22H18N6OS2. The lowest BCUT2D eigenvalue weighted by Gasteiger charge is -2.37. The first-order valence-electron chi connectivity index (χ1n) is 9.66. The normalized spacial score (nSPS) is 18.8. The predicted molar refractivity (Wildman–Crippen MR) is 120 cm³/mol. The second-order valence-electron chi connectivity index (χ2n) is 6.93. The van der Waals surface area contributed by atoms with Gasteiger partial charge in [0.2, 0.25) is 5.13 Å². The molecule has 0 saturated carbocycles. The molecular weight excluding hydrogens is 428 g/mol. The van der Waals surface area contributed by atoms with Crippen LogP contribution < -0.4 is 10.6 Å². The van der Waals surface area contributed by atoms with Crippen molar-refractivity contribution in [3.63, 3.8) is 0 Å². The van der Waals surface area contributed by atoms with Crippen molar-refractivity contribution >= 4 is 40.1 Å². The molecule has 1 aromatic carbocycles. The zero-order chi connectivity index (χ0) is 21.8. The van der Waals surface area contributed by atoms with E-state index < -0.39 is 5.92 Å². The third-order valence-corrected chi connectivity index (χ3v) is 6.99. The molecule has 154 valence electrons. The van der Waals surface area contributed by atoms with Crippen molar-refractivity contribution < 1.29 is 4.79 Å². The summed E-state index contributed by atoms with van der Waals surface area (Å²) in [7, 11) is 0. The van der Waals surface area contributed by atoms with Crippen LogP contribution in [0.2, 0.25) is 0 Å². The maximum Gasteiger partial charge on any atom is 0.219 e. The fourth-order valence-electron chi connectivity index (χ4n) is 3.76. The molecule has 1 unspecified atom stereocenters. The highest BCUT2D eigenvalue weighted by Gasteiger charge is 2.39. The molecule has 1 atom stereocenters. The first kappa shape index (κ1) is 20.9. The zero-order valence-corrected chi connectivity index (χ0v) is 18.1. The number of nitriles is 2. The fraction of sp³-hybridized carbons (Fsp3) is 0.227. The smallest absolute Gasteiger partial charge is 0.219 e. The average molecular weight is 447 g/mol. The highest BCUT2D eigenvalue weighted by atomic mass is 32.2. The Morgan fingerprint density at radius 3 is 2.81 bits per heavy atom. The van der Waals surface area contributed by atoms with Crippen molar-refractivity contribution in [3.8, 4) is 12.1 Å². The van der Waals surface area contributed by atoms with E-state index in [4.69, 9.17) is 11.0 Å². The van der Waals surface area contributed by atoms with Crippen LogP contribution in [0.4, 0.5) is 5.13 Å². The first-order valence-corrected chi connectivity index (χ1v) is 11.5. The summed E-state index contributed by atoms with van der Waals surface area (Å²) in [5.41, 5.74) is 9.16. The minimum Gasteiger partial charge on any atom is -0.384 e. The van der Waals surface area contributed by atoms with Gasteiger partial charge in [-0.25, -0.2) is 0 Å². The quantitative estimate of drug-likeness (QED) is 0.684. The second-order valence-corrected chi connectivity index (χ2v) is 9.11. The van der Waals surface area contributed by atoms with Crippen LogP contribution >= 0.6 is 23.1 Å². The van der Waals surface area contributed by atoms with Gasteiger partial charge in [-0.15, -0.1) is 10.2 Å². The number of Topliss-reactive ketones (excluding diaryl/α,β-unsaturated/α-hetero) is 1. The second kappa shape index (κ2) is 9.17. The van der Waals surface area contributed by atoms with Gasteiger partial charge in [-0.2, -0.15) is 10.5 Å². The fourth-order valence-corrected chi connectivity index (χ4v) is 5.30. The maximum absolute atomic E-state index is 13.0. The number of carbonyl (C=O) groups is 1. The Kier molecular flexibility index (Phi) is 6.17. The van der Waals surface area contributed by atoms with E-state index in [-0.39, 0.29) is 17.4 Å². The standard InChI is InChI=1S/C22H18N6OS2/c23-11-12-30-22-27-26-21(31-22)28-17-7-4-8-18(29)19(17)15(16(13-24)20(28)25)10-9-14-5-2-1-3-6-14/h1-3,5-6,9-10,15H,4,7-8,12,25H2/b10-9+. The van der Waals surface area contributed by atoms with E-state index in [1.165, 1.54) is 23.1 Å². The summed E-state index contributed by atoms with van der Waals surface area (Å²) in [5, 5.41) is 27.6. The number of aromatic nitrogens is 2. The van der Waals surface area contributed by atoms with Crippen LogP contribution in [0.3, 0.4) is 0 Å². The Balaban J connectivity index is 1.79. The number of anilines is 1. The van der Waals surface area contributed by atoms with Crippen LogP contribution in [0.5, 0.6) is 0 Å². The predicted octanol–water partition coefficient (Wildman–Crippen LogP) is 4.00. The Bertz CT molecular complexity index is 1180. The highest BCUT2D eigenvalue weighted by Crippen LogP contribution is 2.43. The molecule has 0 spiro atoms. The molecule has 2 aromatic rings. The summed E-state index contributed by atoms with van der Waals surface area (Å²) < 4.78 is 0.637. The molecule has 2 N–H and O–H groups in total. The SMILES string of the molecule is N#CCSc1nnc(N2C(N)=C(C#N)C(/C=C/c3ccccc3)C3=C2CCCC3=O)s1. The average Bonchev–Trinajstić information content (AvgIpc) is 3.25. The lowest BCUT2D eigenvalue weighted by Crippen LogP contribution is -2.39. The number of rotatable bonds is 5. The van der Waals surface area contributed by atoms with E-state index in [0.29, 0.717) is 39.9 Å². The van der Waals surface area contributed by atoms with E-state index in [2.05, 4.69) is 22.3 Å². The van der Waals surface area contributed by atoms with Gasteiger partial charge in [-0.05, 0) is 18.4 Å². The number of benzene rings is 1. The lowest BCUT2D eigenvalue weighted by atomic mass is 9.79. The molecule has 1 aliphatic carbocycles. The molecule has 2 aliphatic rings. The van der Waals surface area contributed by atoms with Gasteiger partial charge in [0.1, 0.15) is 5.82 Å². The third-order valence-electron chi connectivity index (χ3n) is 5.09. The van der Waals surface area contributed by atoms with Gasteiger partial charge in [0.15, 0.2) is 10.1 Å². The van der Waals surface area contributed by atoms with E-state index >= 15 is 0 Å². The molecule has 1 aromatic heterocycles. The van der Waals surface area contributed by atoms with Gasteiger partial charge < -0.3 is 5.73 Å². The van der Waals surface area contributed by atoms with Crippen molar-refractivity contribution in [3.05, 3.63) is 64.6 Å². The van der Waals surface area contributed by atoms with Crippen LogP contribution in [0.1, 0.15) is 24.8 Å². The van der Waals surface area contributed by atoms with Crippen molar-refractivity contribution in [1.82, 2.24) is 10.2 Å². The number of thioether (sulfide) groups is 1. The Hall–Kier alpha value is -3.40. The van der Waals surface area contributed by atoms with Gasteiger partial charge >= 0.3 is 0 Å². The van der Waals surface area contributed by atoms with Crippen molar-refractivity contribution in [1.29, 1.82) is 10.5 Å². The number of ketones is 1. The molecule has 0 bridgehead atoms. The van der Waals surface area contributed by atoms with E-state index in [0.717, 1.165) is 11.3 Å². The molecule has 0 radical (unpaired) electrons. The third kappa shape index (κ3) is 4.11. The number of carbonyl (C=O) groups excluding carboxylic acids is 1. The summed E-state index contributed by atoms with van der Waals surface area (Å²) in [6.45, 7) is 0. The summed E-state index contributed by atoms with van der Waals surface area (Å²) in [6, 6.07) is 14.0. The summed E-state index contributed by atoms with van der Waals surface area (Å²) in [5.74, 6) is 0.0661. The van der Waals surface area contributed by atoms with Crippen molar-refractivity contribution in [2.45, 2.75) is 23.6 Å². The molecule has 31 heavy (non-hydrogen) atoms. The van der Waals surface area contributed by atoms with Gasteiger partial charge in [0.05, 0.1) is 23.5 Å². The first-order chi connectivity index (χ1) is 15.1. The van der Waals surface area contributed by atoms with Crippen LogP contribution in [-0.4, -0.2) is 21.7 Å². The van der Waals surface area contributed by atoms with Crippen molar-refractivity contribution in [2.75, 3.05) is 10.7 Å². The molecule has 9 heteroatoms. The molecule has 0 fully saturated rings. The number of hydrogen-bond acceptors (Lipinski definition) is 9. The summed E-state index contributed by atoms with van der Waals surface area (Å²) in [4.78, 5) is 14.7. The number of nitrogens with zero attached hydrogens (tertiary/aromatic N) is 5. The van der Waals surface area contributed by atoms with Crippen LogP contribution in [0.25, 0.3) is 6.08 Å². The minimum atomic E-state index is -0.496. The van der Waals surface area contributed by atoms with Gasteiger partial charge in [-0.1, -0.05) is 65.6 Å². The van der Waals surface area contributed by atoms with Gasteiger partial charge in [0.25, 0.3) is 0 Å². The van der Waals surface area contributed by atoms with E-state index in [1.54, 1.807) is 4.90 Å². The molecule has 1 aliphatic heterocycles. The topological polar surface area (TPSA) is 120 Å². The Morgan fingerprint density at radius 1 is 1.26 bits per heavy atom. The summed E-state index contributed by atoms with van der Waals surface area (Å²) in [6.07, 6.45) is 5.62. The Labute approximate surface area is 188 Å². The monoisotopic (exact) mass is 446 g/mol. The number of hydrogen-bond donors (Lipinski definition) is 1. The molecule has 4 rings (SSSR count). The van der Waals surface area contributed by atoms with Gasteiger partial charge in [0, 0.05) is 23.6 Å². The van der Waals surface area contributed by atoms with E-state index in [9.17, 15) is 10.1 Å². The molecule has 7 nitrogen and oxygen atoms in total. The minimum absolute atomic E-state index is 0.0257. The number of allylic oxidation sites excluding steroid dienone is 4. The number of nitrogens with two attached hydrogens (primary N) is 1. The molecule has 0 saturated heterocycles. The molecule has 2 heterocycles. The van der Waals surface area contributed by atoms with Crippen molar-refractivity contribution in [2.24, 2.45) is 11.7 Å². The highest BCUT2D eigenvalue weighted by molar-refractivity contribution is 8.01. The lowest BCUT2D eigenvalue weighted by molar-refractivity contribution is -0.116. The maximum atomic E-state index is 13.0. The van der Waals surface area contributed by atoms with E-state index in [1.807, 2.05) is 42.5 Å².